The number of methoxy groups -OCH3 is 1. The highest BCUT2D eigenvalue weighted by Gasteiger charge is 2.28. The van der Waals surface area contributed by atoms with Crippen LogP contribution in [0.3, 0.4) is 0 Å². The Morgan fingerprint density at radius 2 is 1.71 bits per heavy atom. The van der Waals surface area contributed by atoms with E-state index in [0.717, 1.165) is 12.0 Å². The van der Waals surface area contributed by atoms with E-state index in [-0.39, 0.29) is 22.3 Å². The van der Waals surface area contributed by atoms with Crippen LogP contribution >= 0.6 is 0 Å². The lowest BCUT2D eigenvalue weighted by atomic mass is 9.83. The third kappa shape index (κ3) is 7.48. The number of aromatic carboxylic acids is 1. The first-order valence-corrected chi connectivity index (χ1v) is 10.1. The Bertz CT molecular complexity index is 970. The van der Waals surface area contributed by atoms with Crippen molar-refractivity contribution in [2.45, 2.75) is 46.6 Å². The van der Waals surface area contributed by atoms with Crippen molar-refractivity contribution in [3.63, 3.8) is 0 Å². The van der Waals surface area contributed by atoms with E-state index < -0.39 is 11.9 Å². The van der Waals surface area contributed by atoms with Crippen LogP contribution in [0.15, 0.2) is 48.5 Å². The zero-order valence-corrected chi connectivity index (χ0v) is 19.0. The summed E-state index contributed by atoms with van der Waals surface area (Å²) in [6, 6.07) is 11.7. The monoisotopic (exact) mass is 425 g/mol. The lowest BCUT2D eigenvalue weighted by Gasteiger charge is -2.33. The van der Waals surface area contributed by atoms with Crippen LogP contribution in [-0.4, -0.2) is 29.7 Å². The standard InChI is InChI=1S/C25H31NO5/c1-24(2,3)16-25(4,5)31-20-13-11-17(15-21(20)30-6)12-14-22(27)26-19-10-8-7-9-18(19)23(28)29/h7-15H,16H2,1-6H3,(H,26,27)(H,28,29)/b14-12+. The van der Waals surface area contributed by atoms with Crippen LogP contribution in [0, 0.1) is 5.41 Å². The first-order valence-electron chi connectivity index (χ1n) is 10.1. The van der Waals surface area contributed by atoms with E-state index >= 15 is 0 Å². The molecule has 166 valence electrons. The van der Waals surface area contributed by atoms with Gasteiger partial charge in [0.15, 0.2) is 11.5 Å². The van der Waals surface area contributed by atoms with Crippen LogP contribution in [0.2, 0.25) is 0 Å². The van der Waals surface area contributed by atoms with Crippen LogP contribution < -0.4 is 14.8 Å². The van der Waals surface area contributed by atoms with Crippen molar-refractivity contribution in [2.24, 2.45) is 5.41 Å². The van der Waals surface area contributed by atoms with Gasteiger partial charge in [0.25, 0.3) is 0 Å². The number of carboxylic acids is 1. The number of ether oxygens (including phenoxy) is 2. The number of para-hydroxylation sites is 1. The molecule has 1 amide bonds. The molecule has 0 unspecified atom stereocenters. The first kappa shape index (κ1) is 24.0. The summed E-state index contributed by atoms with van der Waals surface area (Å²) in [4.78, 5) is 23.5. The summed E-state index contributed by atoms with van der Waals surface area (Å²) in [5.41, 5.74) is 0.767. The zero-order valence-electron chi connectivity index (χ0n) is 19.0. The minimum absolute atomic E-state index is 0.0327. The van der Waals surface area contributed by atoms with Gasteiger partial charge in [-0.05, 0) is 61.6 Å². The van der Waals surface area contributed by atoms with Crippen LogP contribution in [0.5, 0.6) is 11.5 Å². The van der Waals surface area contributed by atoms with Crippen LogP contribution in [0.25, 0.3) is 6.08 Å². The maximum Gasteiger partial charge on any atom is 0.337 e. The SMILES string of the molecule is COc1cc(/C=C/C(=O)Nc2ccccc2C(=O)O)ccc1OC(C)(C)CC(C)(C)C. The smallest absolute Gasteiger partial charge is 0.337 e. The molecule has 0 aromatic heterocycles. The Hall–Kier alpha value is -3.28. The van der Waals surface area contributed by atoms with Gasteiger partial charge in [-0.25, -0.2) is 4.79 Å². The minimum atomic E-state index is -1.10. The van der Waals surface area contributed by atoms with Gasteiger partial charge in [-0.15, -0.1) is 0 Å². The van der Waals surface area contributed by atoms with E-state index in [1.165, 1.54) is 12.1 Å². The van der Waals surface area contributed by atoms with Gasteiger partial charge in [0.2, 0.25) is 5.91 Å². The minimum Gasteiger partial charge on any atom is -0.493 e. The van der Waals surface area contributed by atoms with E-state index in [9.17, 15) is 14.7 Å². The van der Waals surface area contributed by atoms with Gasteiger partial charge < -0.3 is 19.9 Å². The number of amides is 1. The van der Waals surface area contributed by atoms with E-state index in [2.05, 4.69) is 26.1 Å². The third-order valence-corrected chi connectivity index (χ3v) is 4.37. The second-order valence-electron chi connectivity index (χ2n) is 9.18. The molecular formula is C25H31NO5. The van der Waals surface area contributed by atoms with Gasteiger partial charge in [-0.1, -0.05) is 39.0 Å². The molecule has 6 nitrogen and oxygen atoms in total. The lowest BCUT2D eigenvalue weighted by molar-refractivity contribution is -0.111. The Kier molecular flexibility index (Phi) is 7.50. The average molecular weight is 426 g/mol. The van der Waals surface area contributed by atoms with Crippen molar-refractivity contribution >= 4 is 23.6 Å². The fraction of sp³-hybridized carbons (Fsp3) is 0.360. The summed E-state index contributed by atoms with van der Waals surface area (Å²) in [6.07, 6.45) is 3.84. The molecule has 0 spiro atoms. The number of anilines is 1. The number of benzene rings is 2. The molecule has 0 radical (unpaired) electrons. The summed E-state index contributed by atoms with van der Waals surface area (Å²) in [5.74, 6) is -0.330. The lowest BCUT2D eigenvalue weighted by Crippen LogP contribution is -2.33. The summed E-state index contributed by atoms with van der Waals surface area (Å²) >= 11 is 0. The van der Waals surface area contributed by atoms with E-state index in [4.69, 9.17) is 9.47 Å². The van der Waals surface area contributed by atoms with Crippen molar-refractivity contribution in [3.05, 3.63) is 59.7 Å². The van der Waals surface area contributed by atoms with Crippen LogP contribution in [0.1, 0.15) is 57.0 Å². The molecule has 0 saturated carbocycles. The molecule has 2 N–H and O–H groups in total. The molecule has 0 aliphatic carbocycles. The summed E-state index contributed by atoms with van der Waals surface area (Å²) in [7, 11) is 1.57. The molecule has 0 saturated heterocycles. The summed E-state index contributed by atoms with van der Waals surface area (Å²) in [6.45, 7) is 10.6. The van der Waals surface area contributed by atoms with Crippen molar-refractivity contribution in [3.8, 4) is 11.5 Å². The Labute approximate surface area is 183 Å². The van der Waals surface area contributed by atoms with E-state index in [1.54, 1.807) is 37.5 Å². The maximum atomic E-state index is 12.3. The Balaban J connectivity index is 2.13. The number of carbonyl (C=O) groups is 2. The average Bonchev–Trinajstić information content (AvgIpc) is 2.65. The Morgan fingerprint density at radius 3 is 2.32 bits per heavy atom. The van der Waals surface area contributed by atoms with Gasteiger partial charge >= 0.3 is 5.97 Å². The molecule has 0 heterocycles. The maximum absolute atomic E-state index is 12.3. The van der Waals surface area contributed by atoms with Crippen LogP contribution in [0.4, 0.5) is 5.69 Å². The third-order valence-electron chi connectivity index (χ3n) is 4.37. The van der Waals surface area contributed by atoms with Gasteiger partial charge in [-0.3, -0.25) is 4.79 Å². The summed E-state index contributed by atoms with van der Waals surface area (Å²) < 4.78 is 11.7. The highest BCUT2D eigenvalue weighted by molar-refractivity contribution is 6.06. The van der Waals surface area contributed by atoms with E-state index in [0.29, 0.717) is 11.5 Å². The largest absolute Gasteiger partial charge is 0.493 e. The second kappa shape index (κ2) is 9.69. The van der Waals surface area contributed by atoms with Crippen molar-refractivity contribution in [1.82, 2.24) is 0 Å². The molecule has 2 rings (SSSR count). The first-order chi connectivity index (χ1) is 14.4. The predicted octanol–water partition coefficient (Wildman–Crippen LogP) is 5.64. The normalized spacial score (nSPS) is 11.9. The second-order valence-corrected chi connectivity index (χ2v) is 9.18. The summed E-state index contributed by atoms with van der Waals surface area (Å²) in [5, 5.41) is 11.8. The number of rotatable bonds is 8. The van der Waals surface area contributed by atoms with Crippen molar-refractivity contribution < 1.29 is 24.2 Å². The van der Waals surface area contributed by atoms with Gasteiger partial charge in [0.05, 0.1) is 18.4 Å². The molecule has 0 aliphatic rings. The zero-order chi connectivity index (χ0) is 23.2. The molecule has 6 heteroatoms. The molecule has 0 bridgehead atoms. The quantitative estimate of drug-likeness (QED) is 0.535. The molecular weight excluding hydrogens is 394 g/mol. The highest BCUT2D eigenvalue weighted by atomic mass is 16.5. The molecule has 31 heavy (non-hydrogen) atoms. The van der Waals surface area contributed by atoms with Gasteiger partial charge in [0, 0.05) is 6.08 Å². The predicted molar refractivity (Wildman–Crippen MR) is 123 cm³/mol. The van der Waals surface area contributed by atoms with Crippen molar-refractivity contribution in [1.29, 1.82) is 0 Å². The van der Waals surface area contributed by atoms with Gasteiger partial charge in [0.1, 0.15) is 5.60 Å². The fourth-order valence-electron chi connectivity index (χ4n) is 3.61. The molecule has 0 atom stereocenters. The topological polar surface area (TPSA) is 84.9 Å². The number of hydrogen-bond acceptors (Lipinski definition) is 4. The number of hydrogen-bond donors (Lipinski definition) is 2. The highest BCUT2D eigenvalue weighted by Crippen LogP contribution is 2.36. The molecule has 2 aromatic rings. The number of carbonyl (C=O) groups excluding carboxylic acids is 1. The molecule has 0 aliphatic heterocycles. The van der Waals surface area contributed by atoms with E-state index in [1.807, 2.05) is 26.0 Å². The van der Waals surface area contributed by atoms with Crippen molar-refractivity contribution in [2.75, 3.05) is 12.4 Å². The van der Waals surface area contributed by atoms with Gasteiger partial charge in [-0.2, -0.15) is 0 Å². The van der Waals surface area contributed by atoms with Crippen LogP contribution in [-0.2, 0) is 4.79 Å². The number of carboxylic acid groups (broad SMARTS) is 1. The fourth-order valence-corrected chi connectivity index (χ4v) is 3.61. The number of nitrogens with one attached hydrogen (secondary N) is 1. The molecule has 2 aromatic carbocycles. The Morgan fingerprint density at radius 1 is 1.03 bits per heavy atom. The molecule has 0 fully saturated rings.